The van der Waals surface area contributed by atoms with E-state index in [0.29, 0.717) is 5.82 Å². The molecule has 2 N–H and O–H groups in total. The number of rotatable bonds is 4. The Hall–Kier alpha value is -3.76. The number of carbonyl (C=O) groups excluding carboxylic acids is 1. The van der Waals surface area contributed by atoms with Gasteiger partial charge in [-0.2, -0.15) is 18.3 Å². The van der Waals surface area contributed by atoms with E-state index in [9.17, 15) is 22.4 Å². The number of carboxylic acid groups (broad SMARTS) is 1. The number of aryl methyl sites for hydroxylation is 1. The van der Waals surface area contributed by atoms with Crippen molar-refractivity contribution in [3.8, 4) is 11.1 Å². The number of benzene rings is 1. The number of halogens is 4. The zero-order chi connectivity index (χ0) is 22.3. The van der Waals surface area contributed by atoms with Gasteiger partial charge in [-0.3, -0.25) is 9.48 Å². The van der Waals surface area contributed by atoms with Crippen LogP contribution in [0.2, 0.25) is 0 Å². The average Bonchev–Trinajstić information content (AvgIpc) is 3.10. The fraction of sp³-hybridized carbons (Fsp3) is 0.158. The number of hydrogen-bond donors (Lipinski definition) is 2. The minimum atomic E-state index is -5.08. The minimum absolute atomic E-state index is 0.166. The molecule has 2 heterocycles. The van der Waals surface area contributed by atoms with E-state index in [1.807, 2.05) is 19.3 Å². The Morgan fingerprint density at radius 3 is 2.30 bits per heavy atom. The van der Waals surface area contributed by atoms with E-state index >= 15 is 0 Å². The van der Waals surface area contributed by atoms with E-state index < -0.39 is 12.1 Å². The summed E-state index contributed by atoms with van der Waals surface area (Å²) in [4.78, 5) is 25.1. The maximum Gasteiger partial charge on any atom is 0.490 e. The predicted molar refractivity (Wildman–Crippen MR) is 98.9 cm³/mol. The minimum Gasteiger partial charge on any atom is -0.475 e. The molecule has 30 heavy (non-hydrogen) atoms. The Balaban J connectivity index is 0.000000396. The van der Waals surface area contributed by atoms with Gasteiger partial charge in [0.1, 0.15) is 11.6 Å². The van der Waals surface area contributed by atoms with Gasteiger partial charge >= 0.3 is 12.1 Å². The van der Waals surface area contributed by atoms with Gasteiger partial charge in [0.25, 0.3) is 0 Å². The zero-order valence-electron chi connectivity index (χ0n) is 15.5. The van der Waals surface area contributed by atoms with Crippen molar-refractivity contribution >= 4 is 17.7 Å². The second-order valence-corrected chi connectivity index (χ2v) is 5.99. The summed E-state index contributed by atoms with van der Waals surface area (Å²) in [6, 6.07) is 9.50. The normalized spacial score (nSPS) is 10.7. The Morgan fingerprint density at radius 1 is 1.13 bits per heavy atom. The molecule has 1 aromatic carbocycles. The van der Waals surface area contributed by atoms with E-state index in [0.717, 1.165) is 16.7 Å². The number of carbonyl (C=O) groups is 2. The van der Waals surface area contributed by atoms with Gasteiger partial charge in [-0.05, 0) is 35.4 Å². The number of hydrogen-bond acceptors (Lipinski definition) is 4. The Morgan fingerprint density at radius 2 is 1.77 bits per heavy atom. The summed E-state index contributed by atoms with van der Waals surface area (Å²) in [5.41, 5.74) is 2.61. The highest BCUT2D eigenvalue weighted by Crippen LogP contribution is 2.20. The second-order valence-electron chi connectivity index (χ2n) is 5.99. The SMILES string of the molecule is Cn1cc(-c2ccnc(NC(=O)Cc3ccc(F)cc3)c2)cn1.O=C(O)C(F)(F)F. The summed E-state index contributed by atoms with van der Waals surface area (Å²) in [5, 5.41) is 14.0. The lowest BCUT2D eigenvalue weighted by atomic mass is 10.1. The molecule has 0 saturated carbocycles. The molecule has 0 atom stereocenters. The van der Waals surface area contributed by atoms with Crippen LogP contribution in [0.5, 0.6) is 0 Å². The van der Waals surface area contributed by atoms with Gasteiger partial charge in [-0.15, -0.1) is 0 Å². The van der Waals surface area contributed by atoms with Crippen LogP contribution in [-0.4, -0.2) is 37.9 Å². The van der Waals surface area contributed by atoms with Crippen LogP contribution in [0.15, 0.2) is 55.0 Å². The van der Waals surface area contributed by atoms with Crippen molar-refractivity contribution in [2.24, 2.45) is 7.05 Å². The van der Waals surface area contributed by atoms with Gasteiger partial charge in [0.15, 0.2) is 0 Å². The monoisotopic (exact) mass is 424 g/mol. The Labute approximate surface area is 168 Å². The molecule has 0 saturated heterocycles. The Bertz CT molecular complexity index is 1020. The molecule has 0 fully saturated rings. The molecule has 1 amide bonds. The highest BCUT2D eigenvalue weighted by Gasteiger charge is 2.38. The van der Waals surface area contributed by atoms with Gasteiger partial charge < -0.3 is 10.4 Å². The van der Waals surface area contributed by atoms with Crippen LogP contribution in [0.1, 0.15) is 5.56 Å². The highest BCUT2D eigenvalue weighted by molar-refractivity contribution is 5.91. The third kappa shape index (κ3) is 7.00. The number of alkyl halides is 3. The van der Waals surface area contributed by atoms with Gasteiger partial charge in [0.05, 0.1) is 12.6 Å². The third-order valence-electron chi connectivity index (χ3n) is 3.59. The number of pyridine rings is 1. The first-order valence-corrected chi connectivity index (χ1v) is 8.34. The summed E-state index contributed by atoms with van der Waals surface area (Å²) in [6.45, 7) is 0. The first kappa shape index (κ1) is 22.5. The van der Waals surface area contributed by atoms with E-state index in [2.05, 4.69) is 15.4 Å². The van der Waals surface area contributed by atoms with Crippen molar-refractivity contribution in [1.29, 1.82) is 0 Å². The first-order chi connectivity index (χ1) is 14.0. The molecule has 0 spiro atoms. The molecule has 11 heteroatoms. The molecule has 0 aliphatic heterocycles. The van der Waals surface area contributed by atoms with E-state index in [4.69, 9.17) is 9.90 Å². The fourth-order valence-corrected chi connectivity index (χ4v) is 2.22. The van der Waals surface area contributed by atoms with Crippen LogP contribution in [0.25, 0.3) is 11.1 Å². The number of nitrogens with one attached hydrogen (secondary N) is 1. The Kier molecular flexibility index (Phi) is 7.23. The van der Waals surface area contributed by atoms with Crippen molar-refractivity contribution in [2.45, 2.75) is 12.6 Å². The predicted octanol–water partition coefficient (Wildman–Crippen LogP) is 3.44. The lowest BCUT2D eigenvalue weighted by Crippen LogP contribution is -2.21. The molecule has 7 nitrogen and oxygen atoms in total. The maximum atomic E-state index is 12.9. The number of anilines is 1. The van der Waals surface area contributed by atoms with Crippen molar-refractivity contribution in [3.63, 3.8) is 0 Å². The molecular formula is C19H16F4N4O3. The number of carboxylic acids is 1. The zero-order valence-corrected chi connectivity index (χ0v) is 15.5. The van der Waals surface area contributed by atoms with Crippen LogP contribution >= 0.6 is 0 Å². The van der Waals surface area contributed by atoms with Crippen LogP contribution in [0.3, 0.4) is 0 Å². The van der Waals surface area contributed by atoms with Crippen molar-refractivity contribution < 1.29 is 32.3 Å². The van der Waals surface area contributed by atoms with Gasteiger partial charge in [-0.1, -0.05) is 12.1 Å². The molecule has 3 aromatic rings. The van der Waals surface area contributed by atoms with Crippen molar-refractivity contribution in [1.82, 2.24) is 14.8 Å². The second kappa shape index (κ2) is 9.63. The summed E-state index contributed by atoms with van der Waals surface area (Å²) in [5.74, 6) is -2.81. The van der Waals surface area contributed by atoms with Gasteiger partial charge in [0.2, 0.25) is 5.91 Å². The van der Waals surface area contributed by atoms with Crippen LogP contribution in [0, 0.1) is 5.82 Å². The van der Waals surface area contributed by atoms with Crippen LogP contribution in [0.4, 0.5) is 23.4 Å². The van der Waals surface area contributed by atoms with Crippen molar-refractivity contribution in [2.75, 3.05) is 5.32 Å². The van der Waals surface area contributed by atoms with E-state index in [1.165, 1.54) is 12.1 Å². The topological polar surface area (TPSA) is 97.1 Å². The standard InChI is InChI=1S/C17H15FN4O.C2HF3O2/c1-22-11-14(10-20-22)13-6-7-19-16(9-13)21-17(23)8-12-2-4-15(18)5-3-12;3-2(4,5)1(6)7/h2-7,9-11H,8H2,1H3,(H,19,21,23);(H,6,7). The van der Waals surface area contributed by atoms with Crippen LogP contribution < -0.4 is 5.32 Å². The van der Waals surface area contributed by atoms with E-state index in [-0.39, 0.29) is 18.1 Å². The summed E-state index contributed by atoms with van der Waals surface area (Å²) in [6.07, 6.45) is 0.355. The average molecular weight is 424 g/mol. The molecular weight excluding hydrogens is 408 g/mol. The summed E-state index contributed by atoms with van der Waals surface area (Å²) in [7, 11) is 1.84. The van der Waals surface area contributed by atoms with Crippen LogP contribution in [-0.2, 0) is 23.1 Å². The molecule has 0 radical (unpaired) electrons. The lowest BCUT2D eigenvalue weighted by Gasteiger charge is -2.06. The number of amides is 1. The molecule has 0 unspecified atom stereocenters. The highest BCUT2D eigenvalue weighted by atomic mass is 19.4. The number of aromatic nitrogens is 3. The van der Waals surface area contributed by atoms with Gasteiger partial charge in [-0.25, -0.2) is 14.2 Å². The quantitative estimate of drug-likeness (QED) is 0.626. The fourth-order valence-electron chi connectivity index (χ4n) is 2.22. The third-order valence-corrected chi connectivity index (χ3v) is 3.59. The molecule has 0 bridgehead atoms. The smallest absolute Gasteiger partial charge is 0.475 e. The summed E-state index contributed by atoms with van der Waals surface area (Å²) < 4.78 is 46.3. The molecule has 2 aromatic heterocycles. The van der Waals surface area contributed by atoms with Gasteiger partial charge in [0, 0.05) is 25.0 Å². The van der Waals surface area contributed by atoms with E-state index in [1.54, 1.807) is 35.3 Å². The molecule has 3 rings (SSSR count). The molecule has 158 valence electrons. The maximum absolute atomic E-state index is 12.9. The summed E-state index contributed by atoms with van der Waals surface area (Å²) >= 11 is 0. The molecule has 0 aliphatic rings. The molecule has 0 aliphatic carbocycles. The number of nitrogens with zero attached hydrogens (tertiary/aromatic N) is 3. The van der Waals surface area contributed by atoms with Crippen molar-refractivity contribution in [3.05, 3.63) is 66.4 Å². The lowest BCUT2D eigenvalue weighted by molar-refractivity contribution is -0.192. The number of aliphatic carboxylic acids is 1. The largest absolute Gasteiger partial charge is 0.490 e. The first-order valence-electron chi connectivity index (χ1n) is 8.34.